The number of methoxy groups -OCH3 is 1. The number of hydrogen-bond donors (Lipinski definition) is 1. The zero-order valence-corrected chi connectivity index (χ0v) is 19.2. The Hall–Kier alpha value is -2.36. The van der Waals surface area contributed by atoms with Crippen LogP contribution >= 0.6 is 0 Å². The first-order chi connectivity index (χ1) is 15.2. The van der Waals surface area contributed by atoms with E-state index in [0.29, 0.717) is 12.3 Å². The lowest BCUT2D eigenvalue weighted by Crippen LogP contribution is -2.24. The van der Waals surface area contributed by atoms with Gasteiger partial charge in [-0.05, 0) is 92.0 Å². The molecule has 2 unspecified atom stereocenters. The number of benzene rings is 1. The summed E-state index contributed by atoms with van der Waals surface area (Å²) in [6.45, 7) is 3.04. The summed E-state index contributed by atoms with van der Waals surface area (Å²) in [5.41, 5.74) is 2.67. The zero-order chi connectivity index (χ0) is 21.9. The first-order valence-electron chi connectivity index (χ1n) is 12.0. The molecule has 1 heterocycles. The Bertz CT molecular complexity index is 793. The fourth-order valence-corrected chi connectivity index (χ4v) is 4.62. The quantitative estimate of drug-likeness (QED) is 0.385. The number of amides is 1. The predicted octanol–water partition coefficient (Wildman–Crippen LogP) is 5.92. The van der Waals surface area contributed by atoms with Gasteiger partial charge >= 0.3 is 0 Å². The molecule has 0 saturated heterocycles. The molecule has 2 aromatic rings. The van der Waals surface area contributed by atoms with E-state index in [1.807, 2.05) is 18.3 Å². The van der Waals surface area contributed by atoms with Gasteiger partial charge in [0.2, 0.25) is 5.91 Å². The van der Waals surface area contributed by atoms with Crippen molar-refractivity contribution in [2.45, 2.75) is 70.6 Å². The second-order valence-corrected chi connectivity index (χ2v) is 8.96. The summed E-state index contributed by atoms with van der Waals surface area (Å²) in [6, 6.07) is 12.6. The average Bonchev–Trinajstić information content (AvgIpc) is 3.55. The molecule has 4 heteroatoms. The van der Waals surface area contributed by atoms with Gasteiger partial charge in [-0.2, -0.15) is 0 Å². The summed E-state index contributed by atoms with van der Waals surface area (Å²) in [5.74, 6) is 3.26. The third-order valence-electron chi connectivity index (χ3n) is 6.54. The minimum Gasteiger partial charge on any atom is -0.497 e. The van der Waals surface area contributed by atoms with E-state index in [1.165, 1.54) is 36.8 Å². The molecule has 0 aliphatic heterocycles. The maximum atomic E-state index is 12.2. The predicted molar refractivity (Wildman–Crippen MR) is 126 cm³/mol. The van der Waals surface area contributed by atoms with Crippen molar-refractivity contribution in [1.82, 2.24) is 10.3 Å². The summed E-state index contributed by atoms with van der Waals surface area (Å²) in [5, 5.41) is 3.10. The molecular weight excluding hydrogens is 384 g/mol. The van der Waals surface area contributed by atoms with Gasteiger partial charge in [-0.15, -0.1) is 0 Å². The highest BCUT2D eigenvalue weighted by molar-refractivity contribution is 5.75. The molecule has 0 bridgehead atoms. The Kier molecular flexibility index (Phi) is 9.39. The Morgan fingerprint density at radius 1 is 1.23 bits per heavy atom. The van der Waals surface area contributed by atoms with Crippen LogP contribution in [0.15, 0.2) is 48.8 Å². The van der Waals surface area contributed by atoms with Gasteiger partial charge in [-0.1, -0.05) is 31.5 Å². The molecule has 1 amide bonds. The normalized spacial score (nSPS) is 18.4. The molecule has 31 heavy (non-hydrogen) atoms. The molecule has 4 nitrogen and oxygen atoms in total. The number of carbonyl (C=O) groups is 1. The molecule has 1 fully saturated rings. The van der Waals surface area contributed by atoms with E-state index >= 15 is 0 Å². The number of hydrogen-bond acceptors (Lipinski definition) is 3. The van der Waals surface area contributed by atoms with Crippen LogP contribution in [0.4, 0.5) is 0 Å². The Balaban J connectivity index is 1.30. The first kappa shape index (κ1) is 23.3. The number of pyridine rings is 1. The van der Waals surface area contributed by atoms with Crippen molar-refractivity contribution in [3.8, 4) is 5.75 Å². The standard InChI is InChI=1S/C27H38N2O2/c1-3-8-22(23-11-6-12-26(19-23)31-2)17-25-18-24(25)13-14-27(30)29-16-5-4-9-21-10-7-15-28-20-21/h6-7,10-12,15,19-20,22,24-25H,3-5,8-9,13-14,16-18H2,1-2H3,(H,29,30)/t22?,24-,25?/m0/s1. The average molecular weight is 423 g/mol. The van der Waals surface area contributed by atoms with Crippen LogP contribution in [0.2, 0.25) is 0 Å². The molecule has 0 spiro atoms. The van der Waals surface area contributed by atoms with Crippen LogP contribution in [0, 0.1) is 11.8 Å². The second kappa shape index (κ2) is 12.5. The van der Waals surface area contributed by atoms with Crippen molar-refractivity contribution in [2.75, 3.05) is 13.7 Å². The van der Waals surface area contributed by atoms with E-state index in [4.69, 9.17) is 4.74 Å². The van der Waals surface area contributed by atoms with Crippen LogP contribution in [0.3, 0.4) is 0 Å². The van der Waals surface area contributed by atoms with Gasteiger partial charge in [0, 0.05) is 25.4 Å². The maximum absolute atomic E-state index is 12.2. The minimum absolute atomic E-state index is 0.213. The van der Waals surface area contributed by atoms with Crippen molar-refractivity contribution >= 4 is 5.91 Å². The van der Waals surface area contributed by atoms with Crippen molar-refractivity contribution in [1.29, 1.82) is 0 Å². The second-order valence-electron chi connectivity index (χ2n) is 8.96. The SMILES string of the molecule is CCCC(CC1C[C@@H]1CCC(=O)NCCCCc1cccnc1)c1cccc(OC)c1. The van der Waals surface area contributed by atoms with Crippen LogP contribution in [0.1, 0.15) is 75.3 Å². The fraction of sp³-hybridized carbons (Fsp3) is 0.556. The topological polar surface area (TPSA) is 51.2 Å². The molecule has 3 atom stereocenters. The molecule has 1 aliphatic rings. The van der Waals surface area contributed by atoms with E-state index < -0.39 is 0 Å². The van der Waals surface area contributed by atoms with Crippen molar-refractivity contribution in [2.24, 2.45) is 11.8 Å². The van der Waals surface area contributed by atoms with Crippen molar-refractivity contribution < 1.29 is 9.53 Å². The minimum atomic E-state index is 0.213. The summed E-state index contributed by atoms with van der Waals surface area (Å²) >= 11 is 0. The maximum Gasteiger partial charge on any atom is 0.220 e. The van der Waals surface area contributed by atoms with Gasteiger partial charge < -0.3 is 10.1 Å². The van der Waals surface area contributed by atoms with Crippen LogP contribution < -0.4 is 10.1 Å². The molecule has 1 N–H and O–H groups in total. The highest BCUT2D eigenvalue weighted by atomic mass is 16.5. The van der Waals surface area contributed by atoms with E-state index in [1.54, 1.807) is 13.3 Å². The highest BCUT2D eigenvalue weighted by Crippen LogP contribution is 2.48. The largest absolute Gasteiger partial charge is 0.497 e. The number of nitrogens with one attached hydrogen (secondary N) is 1. The molecule has 0 radical (unpaired) electrons. The number of aryl methyl sites for hydroxylation is 1. The summed E-state index contributed by atoms with van der Waals surface area (Å²) in [6.07, 6.45) is 13.5. The Morgan fingerprint density at radius 3 is 2.90 bits per heavy atom. The van der Waals surface area contributed by atoms with Gasteiger partial charge in [0.25, 0.3) is 0 Å². The number of rotatable bonds is 14. The highest BCUT2D eigenvalue weighted by Gasteiger charge is 2.38. The first-order valence-corrected chi connectivity index (χ1v) is 12.0. The lowest BCUT2D eigenvalue weighted by molar-refractivity contribution is -0.121. The summed E-state index contributed by atoms with van der Waals surface area (Å²) in [4.78, 5) is 16.3. The van der Waals surface area contributed by atoms with E-state index in [9.17, 15) is 4.79 Å². The third kappa shape index (κ3) is 8.01. The number of aromatic nitrogens is 1. The molecule has 168 valence electrons. The van der Waals surface area contributed by atoms with Crippen LogP contribution in [-0.2, 0) is 11.2 Å². The zero-order valence-electron chi connectivity index (χ0n) is 19.2. The number of nitrogens with zero attached hydrogens (tertiary/aromatic N) is 1. The number of ether oxygens (including phenoxy) is 1. The number of unbranched alkanes of at least 4 members (excludes halogenated alkanes) is 1. The van der Waals surface area contributed by atoms with Gasteiger partial charge in [-0.3, -0.25) is 9.78 Å². The van der Waals surface area contributed by atoms with E-state index in [0.717, 1.165) is 49.8 Å². The molecule has 1 aromatic heterocycles. The Morgan fingerprint density at radius 2 is 2.13 bits per heavy atom. The van der Waals surface area contributed by atoms with E-state index in [-0.39, 0.29) is 5.91 Å². The Labute approximate surface area is 187 Å². The van der Waals surface area contributed by atoms with Crippen LogP contribution in [-0.4, -0.2) is 24.5 Å². The molecule has 3 rings (SSSR count). The van der Waals surface area contributed by atoms with Crippen molar-refractivity contribution in [3.63, 3.8) is 0 Å². The van der Waals surface area contributed by atoms with Gasteiger partial charge in [0.15, 0.2) is 0 Å². The van der Waals surface area contributed by atoms with E-state index in [2.05, 4.69) is 41.5 Å². The van der Waals surface area contributed by atoms with Gasteiger partial charge in [0.1, 0.15) is 5.75 Å². The molecular formula is C27H38N2O2. The molecule has 1 aromatic carbocycles. The van der Waals surface area contributed by atoms with Gasteiger partial charge in [0.05, 0.1) is 7.11 Å². The lowest BCUT2D eigenvalue weighted by Gasteiger charge is -2.17. The van der Waals surface area contributed by atoms with Crippen LogP contribution in [0.25, 0.3) is 0 Å². The number of carbonyl (C=O) groups excluding carboxylic acids is 1. The molecule has 1 aliphatic carbocycles. The summed E-state index contributed by atoms with van der Waals surface area (Å²) < 4.78 is 5.41. The smallest absolute Gasteiger partial charge is 0.220 e. The monoisotopic (exact) mass is 422 g/mol. The third-order valence-corrected chi connectivity index (χ3v) is 6.54. The van der Waals surface area contributed by atoms with Crippen LogP contribution in [0.5, 0.6) is 5.75 Å². The van der Waals surface area contributed by atoms with Gasteiger partial charge in [-0.25, -0.2) is 0 Å². The van der Waals surface area contributed by atoms with Crippen molar-refractivity contribution in [3.05, 3.63) is 59.9 Å². The lowest BCUT2D eigenvalue weighted by atomic mass is 9.88. The molecule has 1 saturated carbocycles. The fourth-order valence-electron chi connectivity index (χ4n) is 4.62. The summed E-state index contributed by atoms with van der Waals surface area (Å²) in [7, 11) is 1.73.